The van der Waals surface area contributed by atoms with E-state index in [4.69, 9.17) is 0 Å². The second-order valence-electron chi connectivity index (χ2n) is 4.03. The fraction of sp³-hybridized carbons (Fsp3) is 0.0714. The van der Waals surface area contributed by atoms with Crippen molar-refractivity contribution < 1.29 is 4.79 Å². The molecule has 0 bridgehead atoms. The first kappa shape index (κ1) is 10.5. The number of anilines is 1. The molecule has 0 saturated heterocycles. The molecule has 84 valence electrons. The smallest absolute Gasteiger partial charge is 0.258 e. The summed E-state index contributed by atoms with van der Waals surface area (Å²) < 4.78 is 0.944. The summed E-state index contributed by atoms with van der Waals surface area (Å²) in [5.41, 5.74) is 2.83. The first-order valence-corrected chi connectivity index (χ1v) is 6.20. The topological polar surface area (TPSA) is 20.3 Å². The number of halogens is 1. The second-order valence-corrected chi connectivity index (χ2v) is 4.94. The summed E-state index contributed by atoms with van der Waals surface area (Å²) in [6, 6.07) is 15.6. The molecule has 17 heavy (non-hydrogen) atoms. The Morgan fingerprint density at radius 1 is 1.06 bits per heavy atom. The van der Waals surface area contributed by atoms with E-state index in [0.717, 1.165) is 21.3 Å². The van der Waals surface area contributed by atoms with Crippen LogP contribution in [0.2, 0.25) is 0 Å². The van der Waals surface area contributed by atoms with Gasteiger partial charge < -0.3 is 4.90 Å². The van der Waals surface area contributed by atoms with Crippen LogP contribution in [0.25, 0.3) is 0 Å². The van der Waals surface area contributed by atoms with E-state index in [-0.39, 0.29) is 5.91 Å². The van der Waals surface area contributed by atoms with Gasteiger partial charge in [0, 0.05) is 15.7 Å². The van der Waals surface area contributed by atoms with Gasteiger partial charge in [-0.25, -0.2) is 0 Å². The van der Waals surface area contributed by atoms with Crippen LogP contribution in [0.1, 0.15) is 15.9 Å². The molecule has 1 aliphatic rings. The first-order chi connectivity index (χ1) is 8.25. The lowest BCUT2D eigenvalue weighted by Gasteiger charge is -2.15. The van der Waals surface area contributed by atoms with Crippen LogP contribution in [0.15, 0.2) is 53.0 Å². The quantitative estimate of drug-likeness (QED) is 0.785. The van der Waals surface area contributed by atoms with Crippen molar-refractivity contribution in [2.75, 3.05) is 4.90 Å². The molecule has 1 amide bonds. The third-order valence-corrected chi connectivity index (χ3v) is 3.44. The lowest BCUT2D eigenvalue weighted by atomic mass is 10.1. The molecule has 0 unspecified atom stereocenters. The van der Waals surface area contributed by atoms with Crippen LogP contribution in [0.3, 0.4) is 0 Å². The number of rotatable bonds is 1. The van der Waals surface area contributed by atoms with Crippen molar-refractivity contribution in [3.63, 3.8) is 0 Å². The van der Waals surface area contributed by atoms with Crippen LogP contribution in [0.5, 0.6) is 0 Å². The summed E-state index contributed by atoms with van der Waals surface area (Å²) in [4.78, 5) is 14.1. The molecule has 0 atom stereocenters. The van der Waals surface area contributed by atoms with Crippen LogP contribution in [-0.4, -0.2) is 5.91 Å². The Morgan fingerprint density at radius 2 is 1.82 bits per heavy atom. The molecule has 0 spiro atoms. The van der Waals surface area contributed by atoms with Gasteiger partial charge in [-0.1, -0.05) is 40.2 Å². The monoisotopic (exact) mass is 287 g/mol. The van der Waals surface area contributed by atoms with E-state index in [0.29, 0.717) is 6.54 Å². The zero-order valence-electron chi connectivity index (χ0n) is 9.06. The molecular weight excluding hydrogens is 278 g/mol. The summed E-state index contributed by atoms with van der Waals surface area (Å²) in [7, 11) is 0. The number of amides is 1. The van der Waals surface area contributed by atoms with Gasteiger partial charge in [0.05, 0.1) is 6.54 Å². The number of benzene rings is 2. The maximum absolute atomic E-state index is 12.3. The molecule has 1 aliphatic heterocycles. The Bertz CT molecular complexity index is 580. The number of para-hydroxylation sites is 1. The van der Waals surface area contributed by atoms with Gasteiger partial charge in [0.25, 0.3) is 5.91 Å². The van der Waals surface area contributed by atoms with Crippen molar-refractivity contribution >= 4 is 27.5 Å². The molecule has 2 nitrogen and oxygen atoms in total. The molecule has 2 aromatic carbocycles. The van der Waals surface area contributed by atoms with E-state index in [9.17, 15) is 4.79 Å². The lowest BCUT2D eigenvalue weighted by molar-refractivity contribution is 0.0996. The molecular formula is C14H10BrNO. The summed E-state index contributed by atoms with van der Waals surface area (Å²) >= 11 is 3.40. The maximum atomic E-state index is 12.3. The van der Waals surface area contributed by atoms with E-state index in [2.05, 4.69) is 15.9 Å². The number of hydrogen-bond acceptors (Lipinski definition) is 1. The highest BCUT2D eigenvalue weighted by atomic mass is 79.9. The lowest BCUT2D eigenvalue weighted by Crippen LogP contribution is -2.22. The van der Waals surface area contributed by atoms with Crippen LogP contribution in [-0.2, 0) is 6.54 Å². The van der Waals surface area contributed by atoms with Crippen LogP contribution in [0, 0.1) is 0 Å². The largest absolute Gasteiger partial charge is 0.304 e. The van der Waals surface area contributed by atoms with E-state index < -0.39 is 0 Å². The molecule has 0 N–H and O–H groups in total. The summed E-state index contributed by atoms with van der Waals surface area (Å²) in [6.45, 7) is 0.658. The second kappa shape index (κ2) is 4.00. The van der Waals surface area contributed by atoms with Gasteiger partial charge in [0.2, 0.25) is 0 Å². The highest BCUT2D eigenvalue weighted by molar-refractivity contribution is 9.10. The molecule has 3 heteroatoms. The minimum atomic E-state index is 0.0764. The number of nitrogens with zero attached hydrogens (tertiary/aromatic N) is 1. The van der Waals surface area contributed by atoms with Gasteiger partial charge in [0.1, 0.15) is 0 Å². The van der Waals surface area contributed by atoms with Crippen molar-refractivity contribution in [3.05, 3.63) is 64.1 Å². The fourth-order valence-electron chi connectivity index (χ4n) is 2.09. The van der Waals surface area contributed by atoms with Crippen LogP contribution >= 0.6 is 15.9 Å². The third-order valence-electron chi connectivity index (χ3n) is 2.94. The van der Waals surface area contributed by atoms with Gasteiger partial charge in [-0.2, -0.15) is 0 Å². The number of hydrogen-bond donors (Lipinski definition) is 0. The Labute approximate surface area is 108 Å². The van der Waals surface area contributed by atoms with Gasteiger partial charge in [-0.3, -0.25) is 4.79 Å². The Morgan fingerprint density at radius 3 is 2.59 bits per heavy atom. The van der Waals surface area contributed by atoms with Crippen LogP contribution < -0.4 is 4.90 Å². The average Bonchev–Trinajstić information content (AvgIpc) is 2.68. The van der Waals surface area contributed by atoms with Crippen LogP contribution in [0.4, 0.5) is 5.69 Å². The molecule has 0 radical (unpaired) electrons. The highest BCUT2D eigenvalue weighted by Crippen LogP contribution is 2.29. The van der Waals surface area contributed by atoms with E-state index in [1.54, 1.807) is 4.90 Å². The molecule has 2 aromatic rings. The Balaban J connectivity index is 2.02. The first-order valence-electron chi connectivity index (χ1n) is 5.41. The summed E-state index contributed by atoms with van der Waals surface area (Å²) in [5.74, 6) is 0.0764. The Hall–Kier alpha value is -1.61. The van der Waals surface area contributed by atoms with E-state index >= 15 is 0 Å². The number of fused-ring (bicyclic) bond motifs is 1. The standard InChI is InChI=1S/C14H10BrNO/c15-11-7-6-10-9-16(14(17)13(10)8-11)12-4-2-1-3-5-12/h1-8H,9H2. The molecule has 1 heterocycles. The van der Waals surface area contributed by atoms with Crippen molar-refractivity contribution in [2.45, 2.75) is 6.54 Å². The molecule has 0 fully saturated rings. The van der Waals surface area contributed by atoms with Crippen molar-refractivity contribution in [1.82, 2.24) is 0 Å². The predicted octanol–water partition coefficient (Wildman–Crippen LogP) is 3.61. The normalized spacial score (nSPS) is 13.9. The predicted molar refractivity (Wildman–Crippen MR) is 71.1 cm³/mol. The van der Waals surface area contributed by atoms with Crippen molar-refractivity contribution in [3.8, 4) is 0 Å². The highest BCUT2D eigenvalue weighted by Gasteiger charge is 2.28. The molecule has 0 saturated carbocycles. The third kappa shape index (κ3) is 1.76. The van der Waals surface area contributed by atoms with Gasteiger partial charge >= 0.3 is 0 Å². The average molecular weight is 288 g/mol. The van der Waals surface area contributed by atoms with Crippen molar-refractivity contribution in [1.29, 1.82) is 0 Å². The Kier molecular flexibility index (Phi) is 2.48. The van der Waals surface area contributed by atoms with Gasteiger partial charge in [-0.05, 0) is 29.8 Å². The minimum Gasteiger partial charge on any atom is -0.304 e. The van der Waals surface area contributed by atoms with Gasteiger partial charge in [-0.15, -0.1) is 0 Å². The SMILES string of the molecule is O=C1c2cc(Br)ccc2CN1c1ccccc1. The maximum Gasteiger partial charge on any atom is 0.258 e. The zero-order valence-corrected chi connectivity index (χ0v) is 10.6. The van der Waals surface area contributed by atoms with E-state index in [1.807, 2.05) is 48.5 Å². The summed E-state index contributed by atoms with van der Waals surface area (Å²) in [5, 5.41) is 0. The summed E-state index contributed by atoms with van der Waals surface area (Å²) in [6.07, 6.45) is 0. The van der Waals surface area contributed by atoms with Gasteiger partial charge in [0.15, 0.2) is 0 Å². The number of carbonyl (C=O) groups excluding carboxylic acids is 1. The minimum absolute atomic E-state index is 0.0764. The van der Waals surface area contributed by atoms with Crippen molar-refractivity contribution in [2.24, 2.45) is 0 Å². The van der Waals surface area contributed by atoms with E-state index in [1.165, 1.54) is 0 Å². The zero-order chi connectivity index (χ0) is 11.8. The molecule has 0 aliphatic carbocycles. The molecule has 0 aromatic heterocycles. The number of carbonyl (C=O) groups is 1. The molecule has 3 rings (SSSR count). The fourth-order valence-corrected chi connectivity index (χ4v) is 2.45.